The normalized spacial score (nSPS) is 13.2. The molecule has 13 heteroatoms. The van der Waals surface area contributed by atoms with Gasteiger partial charge in [0.25, 0.3) is 0 Å². The van der Waals surface area contributed by atoms with Crippen LogP contribution in [-0.4, -0.2) is 83.9 Å². The Kier molecular flexibility index (Phi) is 11.4. The Balaban J connectivity index is 1.59. The fourth-order valence-electron chi connectivity index (χ4n) is 5.05. The monoisotopic (exact) mass is 637 g/mol. The van der Waals surface area contributed by atoms with E-state index in [0.29, 0.717) is 59.8 Å². The number of hydrogen-bond donors (Lipinski definition) is 2. The van der Waals surface area contributed by atoms with E-state index >= 15 is 0 Å². The Labute approximate surface area is 268 Å². The molecule has 1 fully saturated rings. The first-order valence-electron chi connectivity index (χ1n) is 15.1. The maximum atomic E-state index is 13.7. The predicted octanol–water partition coefficient (Wildman–Crippen LogP) is 5.76. The Morgan fingerprint density at radius 1 is 1.00 bits per heavy atom. The van der Waals surface area contributed by atoms with Gasteiger partial charge in [-0.15, -0.1) is 0 Å². The van der Waals surface area contributed by atoms with Crippen molar-refractivity contribution >= 4 is 52.8 Å². The summed E-state index contributed by atoms with van der Waals surface area (Å²) in [5, 5.41) is 13.9. The number of amides is 3. The van der Waals surface area contributed by atoms with E-state index in [9.17, 15) is 19.5 Å². The second-order valence-electron chi connectivity index (χ2n) is 10.6. The SMILES string of the molecule is CCN(CC)c1ncc(N(CC)C(=O)N(C)c2ccc(Cl)cc2)c(N[C@@H](Cc2ccc(OC(=O)N3CCCC3)cc2)C(=O)O)n1. The van der Waals surface area contributed by atoms with Gasteiger partial charge in [0, 0.05) is 56.9 Å². The lowest BCUT2D eigenvalue weighted by atomic mass is 10.1. The van der Waals surface area contributed by atoms with E-state index in [-0.39, 0.29) is 30.9 Å². The molecule has 12 nitrogen and oxygen atoms in total. The molecule has 0 unspecified atom stereocenters. The van der Waals surface area contributed by atoms with Crippen molar-refractivity contribution in [1.29, 1.82) is 0 Å². The topological polar surface area (TPSA) is 131 Å². The van der Waals surface area contributed by atoms with Crippen LogP contribution in [0.5, 0.6) is 5.75 Å². The summed E-state index contributed by atoms with van der Waals surface area (Å²) in [7, 11) is 1.65. The van der Waals surface area contributed by atoms with Gasteiger partial charge >= 0.3 is 18.1 Å². The fraction of sp³-hybridized carbons (Fsp3) is 0.406. The average molecular weight is 638 g/mol. The van der Waals surface area contributed by atoms with E-state index in [1.54, 1.807) is 66.7 Å². The summed E-state index contributed by atoms with van der Waals surface area (Å²) in [6.45, 7) is 8.69. The van der Waals surface area contributed by atoms with Gasteiger partial charge in [0.2, 0.25) is 5.95 Å². The molecule has 0 radical (unpaired) electrons. The molecule has 1 saturated heterocycles. The number of aliphatic carboxylic acids is 1. The number of carboxylic acid groups (broad SMARTS) is 1. The number of hydrogen-bond acceptors (Lipinski definition) is 8. The number of carbonyl (C=O) groups excluding carboxylic acids is 2. The van der Waals surface area contributed by atoms with Crippen LogP contribution < -0.4 is 24.8 Å². The van der Waals surface area contributed by atoms with Gasteiger partial charge in [-0.3, -0.25) is 9.80 Å². The van der Waals surface area contributed by atoms with Crippen molar-refractivity contribution in [3.8, 4) is 5.75 Å². The molecule has 0 bridgehead atoms. The molecule has 0 aliphatic carbocycles. The lowest BCUT2D eigenvalue weighted by molar-refractivity contribution is -0.137. The molecule has 4 rings (SSSR count). The summed E-state index contributed by atoms with van der Waals surface area (Å²) in [4.78, 5) is 54.4. The Bertz CT molecular complexity index is 1460. The molecular weight excluding hydrogens is 598 g/mol. The number of aromatic nitrogens is 2. The third kappa shape index (κ3) is 8.33. The first kappa shape index (κ1) is 33.3. The van der Waals surface area contributed by atoms with Gasteiger partial charge < -0.3 is 25.0 Å². The van der Waals surface area contributed by atoms with Gasteiger partial charge in [0.1, 0.15) is 17.5 Å². The smallest absolute Gasteiger partial charge is 0.415 e. The minimum absolute atomic E-state index is 0.102. The number of rotatable bonds is 12. The highest BCUT2D eigenvalue weighted by atomic mass is 35.5. The van der Waals surface area contributed by atoms with Crippen LogP contribution in [0.25, 0.3) is 0 Å². The van der Waals surface area contributed by atoms with E-state index in [2.05, 4.69) is 10.3 Å². The van der Waals surface area contributed by atoms with Crippen molar-refractivity contribution in [3.63, 3.8) is 0 Å². The number of urea groups is 1. The standard InChI is InChI=1S/C32H40ClN7O5/c1-5-38(6-2)30-34-21-27(40(7-3)31(43)37(4)24-14-12-23(33)13-15-24)28(36-30)35-26(29(41)42)20-22-10-16-25(17-11-22)45-32(44)39-18-8-9-19-39/h10-17,21,26H,5-9,18-20H2,1-4H3,(H,41,42)(H,34,35,36)/t26-/m0/s1. The quantitative estimate of drug-likeness (QED) is 0.254. The van der Waals surface area contributed by atoms with E-state index in [0.717, 1.165) is 12.8 Å². The third-order valence-corrected chi connectivity index (χ3v) is 7.94. The van der Waals surface area contributed by atoms with E-state index in [1.165, 1.54) is 9.80 Å². The summed E-state index contributed by atoms with van der Waals surface area (Å²) < 4.78 is 5.48. The lowest BCUT2D eigenvalue weighted by Gasteiger charge is -2.30. The molecule has 2 heterocycles. The number of nitrogens with zero attached hydrogens (tertiary/aromatic N) is 6. The second-order valence-corrected chi connectivity index (χ2v) is 11.0. The number of ether oxygens (including phenoxy) is 1. The van der Waals surface area contributed by atoms with Gasteiger partial charge in [-0.1, -0.05) is 23.7 Å². The van der Waals surface area contributed by atoms with Crippen molar-refractivity contribution in [1.82, 2.24) is 14.9 Å². The Morgan fingerprint density at radius 2 is 1.64 bits per heavy atom. The Hall–Kier alpha value is -4.58. The summed E-state index contributed by atoms with van der Waals surface area (Å²) in [5.41, 5.74) is 1.69. The molecule has 2 aromatic carbocycles. The lowest BCUT2D eigenvalue weighted by Crippen LogP contribution is -2.42. The highest BCUT2D eigenvalue weighted by Crippen LogP contribution is 2.29. The van der Waals surface area contributed by atoms with E-state index in [4.69, 9.17) is 21.3 Å². The zero-order chi connectivity index (χ0) is 32.5. The van der Waals surface area contributed by atoms with Gasteiger partial charge in [0.15, 0.2) is 5.82 Å². The molecule has 1 aliphatic heterocycles. The van der Waals surface area contributed by atoms with Crippen LogP contribution in [0.2, 0.25) is 5.02 Å². The van der Waals surface area contributed by atoms with Crippen LogP contribution in [0, 0.1) is 0 Å². The molecule has 0 spiro atoms. The molecule has 1 aliphatic rings. The van der Waals surface area contributed by atoms with Crippen LogP contribution in [0.15, 0.2) is 54.7 Å². The van der Waals surface area contributed by atoms with Crippen molar-refractivity contribution in [2.24, 2.45) is 0 Å². The summed E-state index contributed by atoms with van der Waals surface area (Å²) in [6.07, 6.45) is 3.19. The van der Waals surface area contributed by atoms with Gasteiger partial charge in [-0.25, -0.2) is 19.4 Å². The first-order valence-corrected chi connectivity index (χ1v) is 15.5. The first-order chi connectivity index (χ1) is 21.6. The largest absolute Gasteiger partial charge is 0.480 e. The van der Waals surface area contributed by atoms with Crippen molar-refractivity contribution in [2.75, 3.05) is 59.8 Å². The third-order valence-electron chi connectivity index (χ3n) is 7.68. The molecule has 0 saturated carbocycles. The molecule has 2 N–H and O–H groups in total. The highest BCUT2D eigenvalue weighted by molar-refractivity contribution is 6.30. The molecular formula is C32H40ClN7O5. The minimum Gasteiger partial charge on any atom is -0.480 e. The van der Waals surface area contributed by atoms with Crippen LogP contribution in [-0.2, 0) is 11.2 Å². The Morgan fingerprint density at radius 3 is 2.22 bits per heavy atom. The zero-order valence-corrected chi connectivity index (χ0v) is 26.8. The number of carboxylic acids is 1. The van der Waals surface area contributed by atoms with Gasteiger partial charge in [-0.2, -0.15) is 4.98 Å². The van der Waals surface area contributed by atoms with Crippen molar-refractivity contribution < 1.29 is 24.2 Å². The maximum Gasteiger partial charge on any atom is 0.415 e. The van der Waals surface area contributed by atoms with Crippen molar-refractivity contribution in [2.45, 2.75) is 46.1 Å². The molecule has 45 heavy (non-hydrogen) atoms. The van der Waals surface area contributed by atoms with Crippen molar-refractivity contribution in [3.05, 3.63) is 65.3 Å². The minimum atomic E-state index is -1.10. The number of halogens is 1. The van der Waals surface area contributed by atoms with E-state index < -0.39 is 12.0 Å². The number of anilines is 4. The molecule has 1 atom stereocenters. The average Bonchev–Trinajstić information content (AvgIpc) is 3.59. The molecule has 1 aromatic heterocycles. The predicted molar refractivity (Wildman–Crippen MR) is 176 cm³/mol. The van der Waals surface area contributed by atoms with Gasteiger partial charge in [0.05, 0.1) is 6.20 Å². The van der Waals surface area contributed by atoms with Crippen LogP contribution in [0.1, 0.15) is 39.2 Å². The fourth-order valence-corrected chi connectivity index (χ4v) is 5.18. The number of carbonyl (C=O) groups is 3. The summed E-state index contributed by atoms with van der Waals surface area (Å²) in [6, 6.07) is 12.2. The van der Waals surface area contributed by atoms with E-state index in [1.807, 2.05) is 25.7 Å². The zero-order valence-electron chi connectivity index (χ0n) is 26.1. The highest BCUT2D eigenvalue weighted by Gasteiger charge is 2.27. The molecule has 3 aromatic rings. The van der Waals surface area contributed by atoms with Crippen LogP contribution in [0.4, 0.5) is 32.7 Å². The maximum absolute atomic E-state index is 13.7. The number of benzene rings is 2. The van der Waals surface area contributed by atoms with Crippen LogP contribution in [0.3, 0.4) is 0 Å². The van der Waals surface area contributed by atoms with Gasteiger partial charge in [-0.05, 0) is 75.6 Å². The molecule has 3 amide bonds. The van der Waals surface area contributed by atoms with Crippen LogP contribution >= 0.6 is 11.6 Å². The summed E-state index contributed by atoms with van der Waals surface area (Å²) >= 11 is 6.04. The number of likely N-dealkylation sites (tertiary alicyclic amines) is 1. The summed E-state index contributed by atoms with van der Waals surface area (Å²) in [5.74, 6) is -0.0789. The second kappa shape index (κ2) is 15.4. The number of nitrogens with one attached hydrogen (secondary N) is 1. The molecule has 240 valence electrons.